The van der Waals surface area contributed by atoms with Crippen molar-refractivity contribution in [2.24, 2.45) is 10.4 Å². The van der Waals surface area contributed by atoms with Crippen LogP contribution >= 0.6 is 0 Å². The number of fused-ring (bicyclic) bond motifs is 1. The van der Waals surface area contributed by atoms with Gasteiger partial charge in [-0.2, -0.15) is 18.6 Å². The van der Waals surface area contributed by atoms with Gasteiger partial charge in [0.2, 0.25) is 6.41 Å². The summed E-state index contributed by atoms with van der Waals surface area (Å²) in [6.07, 6.45) is 4.77. The summed E-state index contributed by atoms with van der Waals surface area (Å²) in [5.41, 5.74) is 10.8. The van der Waals surface area contributed by atoms with Crippen molar-refractivity contribution in [1.82, 2.24) is 15.3 Å². The molecular formula is C39H54KN5O4-2. The number of aryl methyl sites for hydroxylation is 1. The fraction of sp³-hybridized carbons (Fsp3) is 0.436. The number of rotatable bonds is 14. The second kappa shape index (κ2) is 20.3. The molecule has 0 radical (unpaired) electrons. The largest absolute Gasteiger partial charge is 1.00 e. The Kier molecular flexibility index (Phi) is 17.6. The van der Waals surface area contributed by atoms with Crippen LogP contribution in [0.15, 0.2) is 59.0 Å². The van der Waals surface area contributed by atoms with Crippen molar-refractivity contribution in [1.29, 1.82) is 0 Å². The van der Waals surface area contributed by atoms with Crippen LogP contribution in [0.4, 0.5) is 0 Å². The molecule has 0 bridgehead atoms. The molecule has 49 heavy (non-hydrogen) atoms. The van der Waals surface area contributed by atoms with Crippen LogP contribution in [-0.4, -0.2) is 61.8 Å². The van der Waals surface area contributed by atoms with E-state index < -0.39 is 0 Å². The molecule has 1 atom stereocenters. The number of amides is 1. The summed E-state index contributed by atoms with van der Waals surface area (Å²) in [4.78, 5) is 12.1. The number of benzene rings is 3. The summed E-state index contributed by atoms with van der Waals surface area (Å²) >= 11 is 0. The van der Waals surface area contributed by atoms with Crippen LogP contribution < -0.4 is 71.0 Å². The Labute approximate surface area is 337 Å². The van der Waals surface area contributed by atoms with Crippen molar-refractivity contribution in [3.8, 4) is 28.4 Å². The van der Waals surface area contributed by atoms with Gasteiger partial charge in [-0.15, -0.1) is 0 Å². The van der Waals surface area contributed by atoms with Crippen molar-refractivity contribution in [2.75, 3.05) is 39.9 Å². The van der Waals surface area contributed by atoms with Crippen molar-refractivity contribution < 1.29 is 70.4 Å². The van der Waals surface area contributed by atoms with Gasteiger partial charge in [0, 0.05) is 31.4 Å². The first-order valence-electron chi connectivity index (χ1n) is 16.6. The van der Waals surface area contributed by atoms with Gasteiger partial charge in [0.25, 0.3) is 0 Å². The third-order valence-corrected chi connectivity index (χ3v) is 9.03. The maximum Gasteiger partial charge on any atom is 1.00 e. The summed E-state index contributed by atoms with van der Waals surface area (Å²) < 4.78 is 18.7. The number of nitrogens with one attached hydrogen (secondary N) is 1. The molecule has 1 aliphatic carbocycles. The van der Waals surface area contributed by atoms with Crippen LogP contribution in [0.25, 0.3) is 11.1 Å². The van der Waals surface area contributed by atoms with E-state index in [0.29, 0.717) is 25.1 Å². The fourth-order valence-electron chi connectivity index (χ4n) is 6.09. The summed E-state index contributed by atoms with van der Waals surface area (Å²) in [6, 6.07) is 17.1. The zero-order chi connectivity index (χ0) is 34.0. The van der Waals surface area contributed by atoms with Crippen molar-refractivity contribution in [3.63, 3.8) is 0 Å². The number of carbonyl (C=O) groups is 1. The molecule has 9 nitrogen and oxygen atoms in total. The van der Waals surface area contributed by atoms with E-state index >= 15 is 0 Å². The maximum absolute atomic E-state index is 9.58. The Balaban J connectivity index is 0.000000670. The number of ether oxygens (including phenoxy) is 3. The van der Waals surface area contributed by atoms with E-state index in [9.17, 15) is 4.79 Å². The second-order valence-corrected chi connectivity index (χ2v) is 12.7. The summed E-state index contributed by atoms with van der Waals surface area (Å²) in [6.45, 7) is 22.7. The molecule has 1 saturated heterocycles. The van der Waals surface area contributed by atoms with Gasteiger partial charge in [-0.1, -0.05) is 47.7 Å². The number of carbonyl (C=O) groups excluding carboxylic acids is 1. The number of hydrogen-bond acceptors (Lipinski definition) is 7. The first kappa shape index (κ1) is 42.6. The van der Waals surface area contributed by atoms with Crippen LogP contribution in [0.1, 0.15) is 74.0 Å². The number of hydrogen-bond donors (Lipinski definition) is 1. The molecule has 0 unspecified atom stereocenters. The van der Waals surface area contributed by atoms with Crippen LogP contribution in [-0.2, 0) is 11.2 Å². The molecule has 0 aromatic heterocycles. The maximum atomic E-state index is 9.58. The van der Waals surface area contributed by atoms with E-state index in [4.69, 9.17) is 14.2 Å². The van der Waals surface area contributed by atoms with E-state index in [1.165, 1.54) is 45.8 Å². The molecule has 1 aliphatic heterocycles. The normalized spacial score (nSPS) is 15.8. The molecule has 0 saturated carbocycles. The zero-order valence-corrected chi connectivity index (χ0v) is 34.1. The molecule has 1 amide bonds. The Morgan fingerprint density at radius 3 is 2.47 bits per heavy atom. The van der Waals surface area contributed by atoms with Gasteiger partial charge in [0.05, 0.1) is 13.2 Å². The van der Waals surface area contributed by atoms with Crippen molar-refractivity contribution in [3.05, 3.63) is 97.6 Å². The van der Waals surface area contributed by atoms with Crippen molar-refractivity contribution in [2.45, 2.75) is 71.9 Å². The monoisotopic (exact) mass is 695 g/mol. The molecule has 5 rings (SSSR count). The third-order valence-electron chi connectivity index (χ3n) is 9.03. The SMILES string of the molecule is [CH2-]CN(C)/N=N\NC=O.[CH2-]c1cc(C)c(O[C@H]2CCc3c(-c4cccc(OCCCN5CCC5(C)C)c4C)cccc32)cc1OCC.[CH3-].[K+]. The van der Waals surface area contributed by atoms with E-state index in [1.54, 1.807) is 7.05 Å². The molecule has 262 valence electrons. The number of likely N-dealkylation sites (tertiary alicyclic amines) is 1. The summed E-state index contributed by atoms with van der Waals surface area (Å²) in [5, 5.41) is 8.22. The predicted molar refractivity (Wildman–Crippen MR) is 194 cm³/mol. The van der Waals surface area contributed by atoms with E-state index in [0.717, 1.165) is 60.8 Å². The Morgan fingerprint density at radius 2 is 1.82 bits per heavy atom. The van der Waals surface area contributed by atoms with Gasteiger partial charge >= 0.3 is 51.4 Å². The van der Waals surface area contributed by atoms with Crippen molar-refractivity contribution >= 4 is 6.41 Å². The molecule has 3 aromatic carbocycles. The summed E-state index contributed by atoms with van der Waals surface area (Å²) in [5.74, 6) is 2.65. The standard InChI is InChI=1S/C34H42NO3.C4H9N4O.CH3.K/c1-7-36-32-22-33(24(3)21-23(32)2)38-31-16-15-28-27(12-8-13-29(28)31)26-11-9-14-30(25(26)4)37-20-10-18-35-19-17-34(35,5)6;1-3-8(2)7-6-5-4-9;;/h8-9,11-14,21-22,31H,2,7,10,15-20H2,1,3-6H3;4H,1,3H2,2H3,(H,5,7,9);1H3;/q3*-1;+1/t31-;;;/m0.../s1. The molecule has 1 fully saturated rings. The Bertz CT molecular complexity index is 1530. The fourth-order valence-corrected chi connectivity index (χ4v) is 6.09. The van der Waals surface area contributed by atoms with Gasteiger partial charge in [0.15, 0.2) is 0 Å². The molecule has 2 aliphatic rings. The molecule has 1 N–H and O–H groups in total. The molecule has 0 spiro atoms. The van der Waals surface area contributed by atoms with Gasteiger partial charge in [0.1, 0.15) is 17.6 Å². The van der Waals surface area contributed by atoms with Gasteiger partial charge in [-0.25, -0.2) is 5.43 Å². The minimum Gasteiger partial charge on any atom is -0.551 e. The molecule has 1 heterocycles. The van der Waals surface area contributed by atoms with E-state index in [-0.39, 0.29) is 64.9 Å². The molecular weight excluding hydrogens is 642 g/mol. The predicted octanol–water partition coefficient (Wildman–Crippen LogP) is 5.11. The summed E-state index contributed by atoms with van der Waals surface area (Å²) in [7, 11) is 1.70. The van der Waals surface area contributed by atoms with E-state index in [1.807, 2.05) is 24.5 Å². The Hall–Kier alpha value is -2.60. The quantitative estimate of drug-likeness (QED) is 0.0631. The van der Waals surface area contributed by atoms with Gasteiger partial charge in [-0.05, 0) is 105 Å². The van der Waals surface area contributed by atoms with E-state index in [2.05, 4.69) is 93.3 Å². The van der Waals surface area contributed by atoms with Crippen LogP contribution in [0.3, 0.4) is 0 Å². The molecule has 3 aromatic rings. The van der Waals surface area contributed by atoms with Gasteiger partial charge < -0.3 is 33.6 Å². The van der Waals surface area contributed by atoms with Crippen LogP contribution in [0.2, 0.25) is 0 Å². The minimum absolute atomic E-state index is 0. The van der Waals surface area contributed by atoms with Crippen LogP contribution in [0.5, 0.6) is 17.2 Å². The Morgan fingerprint density at radius 1 is 1.08 bits per heavy atom. The first-order valence-corrected chi connectivity index (χ1v) is 16.6. The topological polar surface area (TPSA) is 88.0 Å². The second-order valence-electron chi connectivity index (χ2n) is 12.7. The molecule has 10 heteroatoms. The van der Waals surface area contributed by atoms with Crippen LogP contribution in [0, 0.1) is 35.1 Å². The zero-order valence-electron chi connectivity index (χ0n) is 31.0. The van der Waals surface area contributed by atoms with Gasteiger partial charge in [-0.3, -0.25) is 9.69 Å². The minimum atomic E-state index is 0. The average Bonchev–Trinajstić information content (AvgIpc) is 3.46. The third kappa shape index (κ3) is 11.2. The average molecular weight is 696 g/mol. The smallest absolute Gasteiger partial charge is 0.551 e. The number of nitrogens with zero attached hydrogens (tertiary/aromatic N) is 4. The first-order chi connectivity index (χ1) is 22.6.